The number of anilines is 2. The largest absolute Gasteiger partial charge is 0.497 e. The lowest BCUT2D eigenvalue weighted by Crippen LogP contribution is -2.52. The Morgan fingerprint density at radius 3 is 2.54 bits per heavy atom. The maximum atomic E-state index is 14.5. The molecule has 0 aliphatic carbocycles. The number of methoxy groups -OCH3 is 1. The maximum absolute atomic E-state index is 14.5. The first-order chi connectivity index (χ1) is 19.7. The number of carbonyl (C=O) groups is 2. The third kappa shape index (κ3) is 4.94. The molecule has 1 spiro atoms. The zero-order chi connectivity index (χ0) is 29.4. The van der Waals surface area contributed by atoms with Crippen LogP contribution in [0.2, 0.25) is 18.6 Å². The van der Waals surface area contributed by atoms with Gasteiger partial charge in [-0.25, -0.2) is 0 Å². The van der Waals surface area contributed by atoms with E-state index in [2.05, 4.69) is 38.7 Å². The highest BCUT2D eigenvalue weighted by atomic mass is 28.3. The molecule has 2 saturated heterocycles. The van der Waals surface area contributed by atoms with Gasteiger partial charge in [-0.3, -0.25) is 9.59 Å². The van der Waals surface area contributed by atoms with Crippen molar-refractivity contribution in [2.75, 3.05) is 36.6 Å². The van der Waals surface area contributed by atoms with Gasteiger partial charge in [-0.1, -0.05) is 56.3 Å². The second-order valence-electron chi connectivity index (χ2n) is 12.3. The number of amides is 2. The van der Waals surface area contributed by atoms with Gasteiger partial charge in [-0.15, -0.1) is 6.58 Å². The van der Waals surface area contributed by atoms with Crippen LogP contribution in [0, 0.1) is 5.92 Å². The quantitative estimate of drug-likeness (QED) is 0.349. The fraction of sp³-hybridized carbons (Fsp3) is 0.515. The molecule has 3 aliphatic heterocycles. The third-order valence-electron chi connectivity index (χ3n) is 9.68. The van der Waals surface area contributed by atoms with Crippen molar-refractivity contribution in [3.8, 4) is 5.75 Å². The summed E-state index contributed by atoms with van der Waals surface area (Å²) in [7, 11) is -0.581. The van der Waals surface area contributed by atoms with Crippen molar-refractivity contribution in [2.24, 2.45) is 5.92 Å². The van der Waals surface area contributed by atoms with Crippen molar-refractivity contribution in [1.29, 1.82) is 0 Å². The van der Waals surface area contributed by atoms with E-state index in [0.29, 0.717) is 25.9 Å². The van der Waals surface area contributed by atoms with E-state index in [1.54, 1.807) is 18.1 Å². The molecule has 0 radical (unpaired) electrons. The first-order valence-corrected chi connectivity index (χ1v) is 18.1. The summed E-state index contributed by atoms with van der Waals surface area (Å²) in [5.74, 6) is 0.711. The minimum absolute atomic E-state index is 0.0171. The van der Waals surface area contributed by atoms with Crippen LogP contribution >= 0.6 is 0 Å². The molecule has 2 amide bonds. The SMILES string of the molecule is C=CCN1C(=O)[C@@]2(O[C@@H](CCO)[C@H]([Si](C)(C)c3ccc(OC)cc3)[C@H]2C)c2cc(N3CCCCCCC3=O)ccc21. The van der Waals surface area contributed by atoms with Crippen LogP contribution in [0.3, 0.4) is 0 Å². The minimum atomic E-state index is -2.25. The van der Waals surface area contributed by atoms with Crippen LogP contribution in [0.15, 0.2) is 55.1 Å². The van der Waals surface area contributed by atoms with Gasteiger partial charge in [0.15, 0.2) is 5.60 Å². The first kappa shape index (κ1) is 29.5. The molecule has 0 bridgehead atoms. The molecule has 220 valence electrons. The Hall–Kier alpha value is -2.94. The van der Waals surface area contributed by atoms with E-state index in [9.17, 15) is 14.7 Å². The lowest BCUT2D eigenvalue weighted by molar-refractivity contribution is -0.146. The molecule has 0 saturated carbocycles. The average molecular weight is 577 g/mol. The van der Waals surface area contributed by atoms with Gasteiger partial charge in [0.2, 0.25) is 5.91 Å². The molecule has 0 aromatic heterocycles. The van der Waals surface area contributed by atoms with Gasteiger partial charge in [-0.05, 0) is 55.1 Å². The molecule has 0 unspecified atom stereocenters. The highest BCUT2D eigenvalue weighted by molar-refractivity contribution is 6.91. The number of fused-ring (bicyclic) bond motifs is 2. The predicted octanol–water partition coefficient (Wildman–Crippen LogP) is 5.12. The van der Waals surface area contributed by atoms with Gasteiger partial charge in [0.05, 0.1) is 27.0 Å². The van der Waals surface area contributed by atoms with E-state index in [-0.39, 0.29) is 36.0 Å². The molecule has 2 aromatic carbocycles. The molecule has 8 heteroatoms. The van der Waals surface area contributed by atoms with E-state index >= 15 is 0 Å². The molecule has 1 N–H and O–H groups in total. The lowest BCUT2D eigenvalue weighted by atomic mass is 9.82. The number of carbonyl (C=O) groups excluding carboxylic acids is 2. The summed E-state index contributed by atoms with van der Waals surface area (Å²) >= 11 is 0. The predicted molar refractivity (Wildman–Crippen MR) is 166 cm³/mol. The van der Waals surface area contributed by atoms with Crippen LogP contribution in [0.1, 0.15) is 51.0 Å². The topological polar surface area (TPSA) is 79.3 Å². The summed E-state index contributed by atoms with van der Waals surface area (Å²) < 4.78 is 12.4. The van der Waals surface area contributed by atoms with Gasteiger partial charge >= 0.3 is 0 Å². The monoisotopic (exact) mass is 576 g/mol. The number of ether oxygens (including phenoxy) is 2. The van der Waals surface area contributed by atoms with Crippen molar-refractivity contribution in [3.05, 3.63) is 60.7 Å². The van der Waals surface area contributed by atoms with E-state index in [0.717, 1.165) is 48.4 Å². The zero-order valence-electron chi connectivity index (χ0n) is 24.9. The number of aliphatic hydroxyl groups is 1. The Morgan fingerprint density at radius 2 is 1.85 bits per heavy atom. The summed E-state index contributed by atoms with van der Waals surface area (Å²) in [6, 6.07) is 14.2. The Balaban J connectivity index is 1.62. The molecule has 5 rings (SSSR count). The van der Waals surface area contributed by atoms with Gasteiger partial charge in [0, 0.05) is 43.3 Å². The standard InChI is InChI=1S/C33H44N2O5Si/c1-6-19-35-28-17-12-24(34-20-10-8-7-9-11-30(34)37)22-27(28)33(32(35)38)23(2)31(29(40-33)18-21-36)41(4,5)26-15-13-25(39-3)14-16-26/h6,12-17,22-23,29,31,36H,1,7-11,18-21H2,2-5H3/t23-,29+,31-,33+/m1/s1. The zero-order valence-corrected chi connectivity index (χ0v) is 25.9. The summed E-state index contributed by atoms with van der Waals surface area (Å²) in [4.78, 5) is 31.3. The van der Waals surface area contributed by atoms with Crippen molar-refractivity contribution in [1.82, 2.24) is 0 Å². The van der Waals surface area contributed by atoms with E-state index in [1.165, 1.54) is 5.19 Å². The number of nitrogens with zero attached hydrogens (tertiary/aromatic N) is 2. The molecular weight excluding hydrogens is 532 g/mol. The smallest absolute Gasteiger partial charge is 0.264 e. The van der Waals surface area contributed by atoms with E-state index < -0.39 is 13.7 Å². The van der Waals surface area contributed by atoms with Crippen LogP contribution in [0.25, 0.3) is 0 Å². The molecule has 2 fully saturated rings. The number of hydrogen-bond donors (Lipinski definition) is 1. The summed E-state index contributed by atoms with van der Waals surface area (Å²) in [6.07, 6.45) is 6.53. The number of aliphatic hydroxyl groups excluding tert-OH is 1. The van der Waals surface area contributed by atoms with Crippen LogP contribution in [-0.2, 0) is 19.9 Å². The van der Waals surface area contributed by atoms with Crippen molar-refractivity contribution in [2.45, 2.75) is 75.8 Å². The molecule has 7 nitrogen and oxygen atoms in total. The summed E-state index contributed by atoms with van der Waals surface area (Å²) in [6.45, 7) is 11.8. The lowest BCUT2D eigenvalue weighted by Gasteiger charge is -2.37. The molecule has 3 aliphatic rings. The Morgan fingerprint density at radius 1 is 1.12 bits per heavy atom. The summed E-state index contributed by atoms with van der Waals surface area (Å²) in [5.41, 5.74) is 1.34. The molecule has 4 atom stereocenters. The molecular formula is C33H44N2O5Si. The van der Waals surface area contributed by atoms with Crippen molar-refractivity contribution < 1.29 is 24.2 Å². The van der Waals surface area contributed by atoms with Crippen LogP contribution in [0.5, 0.6) is 5.75 Å². The van der Waals surface area contributed by atoms with E-state index in [1.807, 2.05) is 35.2 Å². The maximum Gasteiger partial charge on any atom is 0.264 e. The normalized spacial score (nSPS) is 26.7. The highest BCUT2D eigenvalue weighted by Gasteiger charge is 2.66. The molecule has 2 aromatic rings. The van der Waals surface area contributed by atoms with Crippen molar-refractivity contribution >= 4 is 36.4 Å². The Kier molecular flexibility index (Phi) is 8.46. The van der Waals surface area contributed by atoms with Crippen LogP contribution in [-0.4, -0.2) is 57.9 Å². The third-order valence-corrected chi connectivity index (χ3v) is 14.0. The Bertz CT molecular complexity index is 1300. The number of rotatable bonds is 8. The fourth-order valence-electron chi connectivity index (χ4n) is 7.61. The minimum Gasteiger partial charge on any atom is -0.497 e. The number of hydrogen-bond acceptors (Lipinski definition) is 5. The average Bonchev–Trinajstić information content (AvgIpc) is 3.38. The second-order valence-corrected chi connectivity index (χ2v) is 17.0. The Labute approximate surface area is 245 Å². The highest BCUT2D eigenvalue weighted by Crippen LogP contribution is 2.60. The van der Waals surface area contributed by atoms with Crippen LogP contribution in [0.4, 0.5) is 11.4 Å². The van der Waals surface area contributed by atoms with Gasteiger partial charge in [0.1, 0.15) is 5.75 Å². The molecule has 41 heavy (non-hydrogen) atoms. The molecule has 3 heterocycles. The fourth-order valence-corrected chi connectivity index (χ4v) is 11.7. The van der Waals surface area contributed by atoms with Gasteiger partial charge in [0.25, 0.3) is 5.91 Å². The summed E-state index contributed by atoms with van der Waals surface area (Å²) in [5, 5.41) is 11.4. The van der Waals surface area contributed by atoms with Gasteiger partial charge < -0.3 is 24.4 Å². The first-order valence-electron chi connectivity index (χ1n) is 15.0. The van der Waals surface area contributed by atoms with Crippen molar-refractivity contribution in [3.63, 3.8) is 0 Å². The van der Waals surface area contributed by atoms with Gasteiger partial charge in [-0.2, -0.15) is 0 Å². The number of benzene rings is 2. The van der Waals surface area contributed by atoms with Crippen LogP contribution < -0.4 is 19.7 Å². The second kappa shape index (κ2) is 11.7. The van der Waals surface area contributed by atoms with E-state index in [4.69, 9.17) is 9.47 Å².